The Hall–Kier alpha value is -2.75. The van der Waals surface area contributed by atoms with Gasteiger partial charge in [0.25, 0.3) is 0 Å². The number of ether oxygens (including phenoxy) is 2. The Kier molecular flexibility index (Phi) is 10.7. The molecule has 0 amide bonds. The Bertz CT molecular complexity index is 932. The normalized spacial score (nSPS) is 10.8. The summed E-state index contributed by atoms with van der Waals surface area (Å²) in [5, 5.41) is 6.49. The second-order valence-corrected chi connectivity index (χ2v) is 6.49. The number of guanidine groups is 1. The number of aromatic nitrogens is 1. The van der Waals surface area contributed by atoms with E-state index >= 15 is 0 Å². The van der Waals surface area contributed by atoms with Crippen molar-refractivity contribution in [2.75, 3.05) is 13.2 Å². The van der Waals surface area contributed by atoms with Crippen LogP contribution in [0.1, 0.15) is 31.6 Å². The molecular weight excluding hydrogens is 507 g/mol. The molecule has 0 aliphatic rings. The smallest absolute Gasteiger partial charge is 0.224 e. The highest BCUT2D eigenvalue weighted by molar-refractivity contribution is 14.0. The third-order valence-electron chi connectivity index (χ3n) is 4.13. The maximum absolute atomic E-state index is 6.09. The van der Waals surface area contributed by atoms with Gasteiger partial charge in [-0.3, -0.25) is 0 Å². The lowest BCUT2D eigenvalue weighted by atomic mass is 10.2. The quantitative estimate of drug-likeness (QED) is 0.213. The SMILES string of the molecule is CCCOc1ccccc1Oc1ncccc1CN=C(NCC)NCc1ccco1.I. The average Bonchev–Trinajstić information content (AvgIpc) is 3.30. The van der Waals surface area contributed by atoms with Crippen LogP contribution in [-0.2, 0) is 13.1 Å². The van der Waals surface area contributed by atoms with Crippen LogP contribution < -0.4 is 20.1 Å². The van der Waals surface area contributed by atoms with Crippen molar-refractivity contribution in [1.29, 1.82) is 0 Å². The number of pyridine rings is 1. The van der Waals surface area contributed by atoms with Crippen molar-refractivity contribution in [2.45, 2.75) is 33.4 Å². The molecule has 2 N–H and O–H groups in total. The fourth-order valence-electron chi connectivity index (χ4n) is 2.70. The number of para-hydroxylation sites is 2. The molecule has 0 aliphatic heterocycles. The second-order valence-electron chi connectivity index (χ2n) is 6.49. The minimum absolute atomic E-state index is 0. The van der Waals surface area contributed by atoms with Crippen LogP contribution >= 0.6 is 24.0 Å². The molecule has 31 heavy (non-hydrogen) atoms. The highest BCUT2D eigenvalue weighted by Crippen LogP contribution is 2.32. The molecule has 0 fully saturated rings. The first-order chi connectivity index (χ1) is 14.8. The van der Waals surface area contributed by atoms with Gasteiger partial charge >= 0.3 is 0 Å². The third-order valence-corrected chi connectivity index (χ3v) is 4.13. The first-order valence-corrected chi connectivity index (χ1v) is 10.2. The van der Waals surface area contributed by atoms with Gasteiger partial charge in [0.15, 0.2) is 17.5 Å². The van der Waals surface area contributed by atoms with E-state index in [2.05, 4.69) is 27.5 Å². The summed E-state index contributed by atoms with van der Waals surface area (Å²) in [5.41, 5.74) is 0.873. The summed E-state index contributed by atoms with van der Waals surface area (Å²) in [5.74, 6) is 3.38. The summed E-state index contributed by atoms with van der Waals surface area (Å²) >= 11 is 0. The first-order valence-electron chi connectivity index (χ1n) is 10.2. The fourth-order valence-corrected chi connectivity index (χ4v) is 2.70. The Morgan fingerprint density at radius 2 is 1.87 bits per heavy atom. The van der Waals surface area contributed by atoms with Crippen LogP contribution in [0.2, 0.25) is 0 Å². The minimum Gasteiger partial charge on any atom is -0.490 e. The van der Waals surface area contributed by atoms with E-state index in [9.17, 15) is 0 Å². The third kappa shape index (κ3) is 7.78. The van der Waals surface area contributed by atoms with E-state index in [1.165, 1.54) is 0 Å². The predicted molar refractivity (Wildman–Crippen MR) is 132 cm³/mol. The van der Waals surface area contributed by atoms with E-state index in [4.69, 9.17) is 13.9 Å². The van der Waals surface area contributed by atoms with Crippen LogP contribution in [0.5, 0.6) is 17.4 Å². The molecule has 0 saturated carbocycles. The van der Waals surface area contributed by atoms with Crippen LogP contribution in [0.4, 0.5) is 0 Å². The van der Waals surface area contributed by atoms with E-state index in [1.54, 1.807) is 12.5 Å². The Labute approximate surface area is 200 Å². The zero-order valence-corrected chi connectivity index (χ0v) is 20.2. The number of rotatable bonds is 10. The molecule has 2 aromatic heterocycles. The zero-order chi connectivity index (χ0) is 21.0. The predicted octanol–water partition coefficient (Wildman–Crippen LogP) is 5.13. The van der Waals surface area contributed by atoms with Gasteiger partial charge in [-0.05, 0) is 43.7 Å². The lowest BCUT2D eigenvalue weighted by Crippen LogP contribution is -2.36. The standard InChI is InChI=1S/C23H28N4O3.HI/c1-3-14-29-20-11-5-6-12-21(20)30-22-18(9-7-13-25-22)16-26-23(24-4-2)27-17-19-10-8-15-28-19;/h5-13,15H,3-4,14,16-17H2,1-2H3,(H2,24,26,27);1H. The molecule has 7 nitrogen and oxygen atoms in total. The maximum atomic E-state index is 6.09. The fraction of sp³-hybridized carbons (Fsp3) is 0.304. The minimum atomic E-state index is 0. The van der Waals surface area contributed by atoms with Crippen LogP contribution in [0.3, 0.4) is 0 Å². The number of furan rings is 1. The van der Waals surface area contributed by atoms with Crippen molar-refractivity contribution in [3.8, 4) is 17.4 Å². The van der Waals surface area contributed by atoms with Gasteiger partial charge < -0.3 is 24.5 Å². The second kappa shape index (κ2) is 13.5. The summed E-state index contributed by atoms with van der Waals surface area (Å²) in [4.78, 5) is 9.06. The van der Waals surface area contributed by atoms with Gasteiger partial charge in [0.2, 0.25) is 5.88 Å². The van der Waals surface area contributed by atoms with E-state index in [-0.39, 0.29) is 24.0 Å². The molecule has 0 saturated heterocycles. The van der Waals surface area contributed by atoms with Crippen LogP contribution in [-0.4, -0.2) is 24.1 Å². The average molecular weight is 536 g/mol. The van der Waals surface area contributed by atoms with E-state index < -0.39 is 0 Å². The Balaban J connectivity index is 0.00000341. The number of hydrogen-bond donors (Lipinski definition) is 2. The molecule has 0 spiro atoms. The van der Waals surface area contributed by atoms with Crippen LogP contribution in [0, 0.1) is 0 Å². The van der Waals surface area contributed by atoms with Crippen molar-refractivity contribution in [2.24, 2.45) is 4.99 Å². The number of aliphatic imine (C=N–C) groups is 1. The van der Waals surface area contributed by atoms with Crippen LogP contribution in [0.25, 0.3) is 0 Å². The number of hydrogen-bond acceptors (Lipinski definition) is 5. The topological polar surface area (TPSA) is 80.9 Å². The van der Waals surface area contributed by atoms with Crippen molar-refractivity contribution in [3.63, 3.8) is 0 Å². The number of nitrogens with one attached hydrogen (secondary N) is 2. The van der Waals surface area contributed by atoms with Crippen molar-refractivity contribution in [3.05, 3.63) is 72.3 Å². The summed E-state index contributed by atoms with van der Waals surface area (Å²) in [6.45, 7) is 6.44. The molecule has 8 heteroatoms. The number of halogens is 1. The van der Waals surface area contributed by atoms with Gasteiger partial charge in [-0.1, -0.05) is 25.1 Å². The van der Waals surface area contributed by atoms with Crippen LogP contribution in [0.15, 0.2) is 70.4 Å². The van der Waals surface area contributed by atoms with Gasteiger partial charge in [0, 0.05) is 18.3 Å². The lowest BCUT2D eigenvalue weighted by Gasteiger charge is -2.14. The molecule has 166 valence electrons. The van der Waals surface area contributed by atoms with Gasteiger partial charge in [0.1, 0.15) is 5.76 Å². The van der Waals surface area contributed by atoms with Gasteiger partial charge in [0.05, 0.1) is 26.0 Å². The molecule has 3 aromatic rings. The molecular formula is C23H29IN4O3. The van der Waals surface area contributed by atoms with E-state index in [0.717, 1.165) is 24.3 Å². The monoisotopic (exact) mass is 536 g/mol. The summed E-state index contributed by atoms with van der Waals surface area (Å²) in [7, 11) is 0. The van der Waals surface area contributed by atoms with Gasteiger partial charge in [-0.15, -0.1) is 24.0 Å². The van der Waals surface area contributed by atoms with E-state index in [0.29, 0.717) is 43.0 Å². The first kappa shape index (κ1) is 24.5. The number of benzene rings is 1. The Morgan fingerprint density at radius 1 is 1.03 bits per heavy atom. The highest BCUT2D eigenvalue weighted by atomic mass is 127. The molecule has 2 heterocycles. The van der Waals surface area contributed by atoms with Crippen molar-refractivity contribution in [1.82, 2.24) is 15.6 Å². The summed E-state index contributed by atoms with van der Waals surface area (Å²) < 4.78 is 17.2. The molecule has 0 aliphatic carbocycles. The molecule has 3 rings (SSSR count). The highest BCUT2D eigenvalue weighted by Gasteiger charge is 2.10. The van der Waals surface area contributed by atoms with E-state index in [1.807, 2.05) is 55.5 Å². The maximum Gasteiger partial charge on any atom is 0.224 e. The molecule has 0 radical (unpaired) electrons. The molecule has 1 aromatic carbocycles. The Morgan fingerprint density at radius 3 is 2.61 bits per heavy atom. The molecule has 0 atom stereocenters. The number of nitrogens with zero attached hydrogens (tertiary/aromatic N) is 2. The van der Waals surface area contributed by atoms with Gasteiger partial charge in [-0.25, -0.2) is 9.98 Å². The molecule has 0 bridgehead atoms. The summed E-state index contributed by atoms with van der Waals surface area (Å²) in [6, 6.07) is 15.2. The van der Waals surface area contributed by atoms with Gasteiger partial charge in [-0.2, -0.15) is 0 Å². The molecule has 0 unspecified atom stereocenters. The van der Waals surface area contributed by atoms with Crippen molar-refractivity contribution >= 4 is 29.9 Å². The summed E-state index contributed by atoms with van der Waals surface area (Å²) in [6.07, 6.45) is 4.29. The zero-order valence-electron chi connectivity index (χ0n) is 17.8. The lowest BCUT2D eigenvalue weighted by molar-refractivity contribution is 0.300. The largest absolute Gasteiger partial charge is 0.490 e. The van der Waals surface area contributed by atoms with Crippen molar-refractivity contribution < 1.29 is 13.9 Å².